The predicted octanol–water partition coefficient (Wildman–Crippen LogP) is 1.18. The summed E-state index contributed by atoms with van der Waals surface area (Å²) in [5.74, 6) is 0.847. The maximum absolute atomic E-state index is 11.3. The molecule has 2 N–H and O–H groups in total. The second kappa shape index (κ2) is 4.68. The second-order valence-corrected chi connectivity index (χ2v) is 4.76. The lowest BCUT2D eigenvalue weighted by Gasteiger charge is -2.15. The first kappa shape index (κ1) is 11.2. The zero-order valence-corrected chi connectivity index (χ0v) is 9.19. The number of nitrogens with one attached hydrogen (secondary N) is 1. The van der Waals surface area contributed by atoms with E-state index in [4.69, 9.17) is 5.11 Å². The Kier molecular flexibility index (Phi) is 3.27. The average molecular weight is 223 g/mol. The summed E-state index contributed by atoms with van der Waals surface area (Å²) in [5.41, 5.74) is 0. The molecule has 4 nitrogen and oxygen atoms in total. The van der Waals surface area contributed by atoms with Crippen LogP contribution in [0.4, 0.5) is 0 Å². The van der Waals surface area contributed by atoms with Gasteiger partial charge in [0.2, 0.25) is 5.91 Å². The third kappa shape index (κ3) is 3.36. The highest BCUT2D eigenvalue weighted by Crippen LogP contribution is 2.48. The molecule has 88 valence electrons. The summed E-state index contributed by atoms with van der Waals surface area (Å²) in [6, 6.07) is 0. The lowest BCUT2D eigenvalue weighted by molar-refractivity contribution is -0.131. The lowest BCUT2D eigenvalue weighted by atomic mass is 9.98. The molecule has 2 rings (SSSR count). The molecule has 2 fully saturated rings. The molecule has 0 radical (unpaired) electrons. The summed E-state index contributed by atoms with van der Waals surface area (Å²) in [4.78, 5) is 21.5. The van der Waals surface area contributed by atoms with E-state index in [9.17, 15) is 9.59 Å². The first-order valence-electron chi connectivity index (χ1n) is 5.85. The molecular weight excluding hydrogens is 206 g/mol. The summed E-state index contributed by atoms with van der Waals surface area (Å²) in [7, 11) is 0. The number of carboxylic acid groups (broad SMARTS) is 1. The number of amides is 1. The average Bonchev–Trinajstić information content (AvgIpc) is 3.07. The lowest BCUT2D eigenvalue weighted by Crippen LogP contribution is -2.29. The van der Waals surface area contributed by atoms with Gasteiger partial charge in [-0.3, -0.25) is 4.79 Å². The van der Waals surface area contributed by atoms with E-state index in [0.717, 1.165) is 24.0 Å². The molecular formula is C12H17NO3. The minimum absolute atomic E-state index is 0.297. The Morgan fingerprint density at radius 1 is 1.19 bits per heavy atom. The Morgan fingerprint density at radius 3 is 2.19 bits per heavy atom. The van der Waals surface area contributed by atoms with E-state index >= 15 is 0 Å². The highest BCUT2D eigenvalue weighted by atomic mass is 16.4. The molecule has 2 saturated carbocycles. The molecule has 0 aromatic carbocycles. The van der Waals surface area contributed by atoms with E-state index in [-0.39, 0.29) is 5.91 Å². The van der Waals surface area contributed by atoms with Crippen LogP contribution >= 0.6 is 0 Å². The molecule has 0 heterocycles. The van der Waals surface area contributed by atoms with Crippen molar-refractivity contribution in [1.29, 1.82) is 0 Å². The van der Waals surface area contributed by atoms with Crippen molar-refractivity contribution in [3.8, 4) is 0 Å². The van der Waals surface area contributed by atoms with E-state index < -0.39 is 5.97 Å². The first-order valence-corrected chi connectivity index (χ1v) is 5.85. The smallest absolute Gasteiger partial charge is 0.328 e. The minimum atomic E-state index is -1.09. The Morgan fingerprint density at radius 2 is 1.75 bits per heavy atom. The Bertz CT molecular complexity index is 304. The van der Waals surface area contributed by atoms with E-state index in [1.54, 1.807) is 0 Å². The van der Waals surface area contributed by atoms with Crippen molar-refractivity contribution >= 4 is 11.9 Å². The second-order valence-electron chi connectivity index (χ2n) is 4.76. The van der Waals surface area contributed by atoms with Crippen LogP contribution in [-0.2, 0) is 9.59 Å². The zero-order valence-electron chi connectivity index (χ0n) is 9.19. The van der Waals surface area contributed by atoms with Gasteiger partial charge >= 0.3 is 5.97 Å². The predicted molar refractivity (Wildman–Crippen MR) is 58.7 cm³/mol. The summed E-state index contributed by atoms with van der Waals surface area (Å²) >= 11 is 0. The van der Waals surface area contributed by atoms with E-state index in [1.165, 1.54) is 25.7 Å². The minimum Gasteiger partial charge on any atom is -0.478 e. The van der Waals surface area contributed by atoms with Crippen molar-refractivity contribution < 1.29 is 14.7 Å². The number of rotatable bonds is 6. The van der Waals surface area contributed by atoms with Crippen LogP contribution in [0.25, 0.3) is 0 Å². The van der Waals surface area contributed by atoms with Gasteiger partial charge in [0.15, 0.2) is 0 Å². The van der Waals surface area contributed by atoms with Crippen LogP contribution in [0, 0.1) is 17.8 Å². The van der Waals surface area contributed by atoms with Crippen molar-refractivity contribution in [1.82, 2.24) is 5.32 Å². The van der Waals surface area contributed by atoms with E-state index in [1.807, 2.05) is 0 Å². The van der Waals surface area contributed by atoms with Gasteiger partial charge in [-0.25, -0.2) is 4.79 Å². The Hall–Kier alpha value is -1.32. The van der Waals surface area contributed by atoms with E-state index in [2.05, 4.69) is 5.32 Å². The maximum atomic E-state index is 11.3. The maximum Gasteiger partial charge on any atom is 0.328 e. The van der Waals surface area contributed by atoms with Crippen LogP contribution in [0.5, 0.6) is 0 Å². The quantitative estimate of drug-likeness (QED) is 0.664. The third-order valence-corrected chi connectivity index (χ3v) is 3.34. The molecule has 0 aliphatic heterocycles. The van der Waals surface area contributed by atoms with Crippen molar-refractivity contribution in [2.24, 2.45) is 17.8 Å². The summed E-state index contributed by atoms with van der Waals surface area (Å²) < 4.78 is 0. The van der Waals surface area contributed by atoms with Crippen LogP contribution in [0.3, 0.4) is 0 Å². The Labute approximate surface area is 94.7 Å². The third-order valence-electron chi connectivity index (χ3n) is 3.34. The van der Waals surface area contributed by atoms with E-state index in [0.29, 0.717) is 12.5 Å². The van der Waals surface area contributed by atoms with Crippen LogP contribution in [0.15, 0.2) is 12.2 Å². The fraction of sp³-hybridized carbons (Fsp3) is 0.667. The highest BCUT2D eigenvalue weighted by molar-refractivity contribution is 5.93. The fourth-order valence-electron chi connectivity index (χ4n) is 2.19. The molecule has 0 unspecified atom stereocenters. The summed E-state index contributed by atoms with van der Waals surface area (Å²) in [6.45, 7) is 0.706. The van der Waals surface area contributed by atoms with Gasteiger partial charge in [0.25, 0.3) is 0 Å². The van der Waals surface area contributed by atoms with Crippen molar-refractivity contribution in [3.63, 3.8) is 0 Å². The van der Waals surface area contributed by atoms with Gasteiger partial charge in [-0.15, -0.1) is 0 Å². The SMILES string of the molecule is O=C(O)C=CC(=O)NCC(C1CC1)C1CC1. The van der Waals surface area contributed by atoms with Crippen LogP contribution in [0.2, 0.25) is 0 Å². The number of carboxylic acids is 1. The molecule has 16 heavy (non-hydrogen) atoms. The highest BCUT2D eigenvalue weighted by Gasteiger charge is 2.41. The number of hydrogen-bond donors (Lipinski definition) is 2. The van der Waals surface area contributed by atoms with Crippen LogP contribution in [0.1, 0.15) is 25.7 Å². The van der Waals surface area contributed by atoms with Gasteiger partial charge in [-0.2, -0.15) is 0 Å². The van der Waals surface area contributed by atoms with Crippen molar-refractivity contribution in [2.75, 3.05) is 6.54 Å². The molecule has 0 atom stereocenters. The number of carbonyl (C=O) groups excluding carboxylic acids is 1. The van der Waals surface area contributed by atoms with Crippen LogP contribution < -0.4 is 5.32 Å². The monoisotopic (exact) mass is 223 g/mol. The molecule has 2 aliphatic carbocycles. The molecule has 4 heteroatoms. The number of aliphatic carboxylic acids is 1. The molecule has 0 bridgehead atoms. The van der Waals surface area contributed by atoms with Crippen molar-refractivity contribution in [3.05, 3.63) is 12.2 Å². The Balaban J connectivity index is 1.72. The number of carbonyl (C=O) groups is 2. The fourth-order valence-corrected chi connectivity index (χ4v) is 2.19. The molecule has 0 saturated heterocycles. The standard InChI is InChI=1S/C12H17NO3/c14-11(5-6-12(15)16)13-7-10(8-1-2-8)9-3-4-9/h5-6,8-10H,1-4,7H2,(H,13,14)(H,15,16). The first-order chi connectivity index (χ1) is 7.66. The van der Waals surface area contributed by atoms with Gasteiger partial charge in [-0.1, -0.05) is 0 Å². The van der Waals surface area contributed by atoms with Gasteiger partial charge < -0.3 is 10.4 Å². The topological polar surface area (TPSA) is 66.4 Å². The summed E-state index contributed by atoms with van der Waals surface area (Å²) in [5, 5.41) is 11.2. The van der Waals surface area contributed by atoms with Crippen LogP contribution in [-0.4, -0.2) is 23.5 Å². The van der Waals surface area contributed by atoms with Gasteiger partial charge in [-0.05, 0) is 43.4 Å². The molecule has 0 spiro atoms. The van der Waals surface area contributed by atoms with Gasteiger partial charge in [0, 0.05) is 18.7 Å². The van der Waals surface area contributed by atoms with Gasteiger partial charge in [0.1, 0.15) is 0 Å². The normalized spacial score (nSPS) is 20.3. The molecule has 0 aromatic heterocycles. The van der Waals surface area contributed by atoms with Gasteiger partial charge in [0.05, 0.1) is 0 Å². The largest absolute Gasteiger partial charge is 0.478 e. The molecule has 0 aromatic rings. The van der Waals surface area contributed by atoms with Crippen molar-refractivity contribution in [2.45, 2.75) is 25.7 Å². The molecule has 2 aliphatic rings. The molecule has 1 amide bonds. The number of hydrogen-bond acceptors (Lipinski definition) is 2. The summed E-state index contributed by atoms with van der Waals surface area (Å²) in [6.07, 6.45) is 7.13. The zero-order chi connectivity index (χ0) is 11.5.